The third kappa shape index (κ3) is 5.07. The van der Waals surface area contributed by atoms with Crippen LogP contribution in [0.15, 0.2) is 59.5 Å². The van der Waals surface area contributed by atoms with E-state index in [-0.39, 0.29) is 11.4 Å². The molecule has 0 aromatic heterocycles. The first-order chi connectivity index (χ1) is 13.0. The summed E-state index contributed by atoms with van der Waals surface area (Å²) in [7, 11) is -3.77. The summed E-state index contributed by atoms with van der Waals surface area (Å²) in [5.74, 6) is 0. The van der Waals surface area contributed by atoms with Gasteiger partial charge in [-0.25, -0.2) is 8.42 Å². The zero-order chi connectivity index (χ0) is 19.3. The van der Waals surface area contributed by atoms with Crippen LogP contribution in [0, 0.1) is 6.92 Å². The molecule has 146 valence electrons. The van der Waals surface area contributed by atoms with Crippen molar-refractivity contribution in [3.63, 3.8) is 0 Å². The Morgan fingerprint density at radius 1 is 1.11 bits per heavy atom. The van der Waals surface area contributed by atoms with Crippen LogP contribution in [0.3, 0.4) is 0 Å². The van der Waals surface area contributed by atoms with Crippen molar-refractivity contribution in [1.82, 2.24) is 0 Å². The summed E-state index contributed by atoms with van der Waals surface area (Å²) in [4.78, 5) is 1.45. The highest BCUT2D eigenvalue weighted by molar-refractivity contribution is 7.92. The molecule has 0 radical (unpaired) electrons. The molecule has 2 N–H and O–H groups in total. The number of aliphatic hydroxyl groups excluding tert-OH is 1. The van der Waals surface area contributed by atoms with Crippen LogP contribution in [-0.4, -0.2) is 59.0 Å². The minimum Gasteiger partial charge on any atom is -0.385 e. The number of aryl methyl sites for hydroxylation is 1. The van der Waals surface area contributed by atoms with Gasteiger partial charge in [-0.05, 0) is 36.8 Å². The highest BCUT2D eigenvalue weighted by Crippen LogP contribution is 2.24. The molecule has 0 amide bonds. The molecule has 0 aliphatic carbocycles. The number of hydrogen-bond acceptors (Lipinski definition) is 4. The zero-order valence-corrected chi connectivity index (χ0v) is 16.4. The number of anilines is 1. The molecule has 1 atom stereocenters. The van der Waals surface area contributed by atoms with E-state index < -0.39 is 16.1 Å². The predicted octanol–water partition coefficient (Wildman–Crippen LogP) is 0.466. The van der Waals surface area contributed by atoms with E-state index in [2.05, 4.69) is 0 Å². The van der Waals surface area contributed by atoms with Crippen LogP contribution in [-0.2, 0) is 14.8 Å². The smallest absolute Gasteiger partial charge is 0.264 e. The van der Waals surface area contributed by atoms with Gasteiger partial charge in [0.15, 0.2) is 0 Å². The average molecular weight is 392 g/mol. The van der Waals surface area contributed by atoms with Gasteiger partial charge in [-0.3, -0.25) is 4.31 Å². The highest BCUT2D eigenvalue weighted by atomic mass is 32.2. The number of morpholine rings is 1. The second kappa shape index (κ2) is 8.84. The van der Waals surface area contributed by atoms with E-state index in [0.717, 1.165) is 18.7 Å². The van der Waals surface area contributed by atoms with Gasteiger partial charge in [0, 0.05) is 0 Å². The Morgan fingerprint density at radius 3 is 2.48 bits per heavy atom. The van der Waals surface area contributed by atoms with Gasteiger partial charge in [-0.1, -0.05) is 30.3 Å². The lowest BCUT2D eigenvalue weighted by molar-refractivity contribution is -0.910. The Balaban J connectivity index is 1.86. The summed E-state index contributed by atoms with van der Waals surface area (Å²) in [6.45, 7) is 5.43. The molecular weight excluding hydrogens is 364 g/mol. The Bertz CT molecular complexity index is 836. The standard InChI is InChI=1S/C20H26N2O4S/c1-17-6-5-7-18(14-17)22(27(24,25)20-8-3-2-4-9-20)16-19(23)15-21-10-12-26-13-11-21/h2-9,14,19,23H,10-13,15-16H2,1H3/p+1/t19-/m1/s1. The number of nitrogens with zero attached hydrogens (tertiary/aromatic N) is 1. The van der Waals surface area contributed by atoms with E-state index in [4.69, 9.17) is 4.74 Å². The molecule has 1 aliphatic heterocycles. The van der Waals surface area contributed by atoms with Crippen molar-refractivity contribution in [1.29, 1.82) is 0 Å². The highest BCUT2D eigenvalue weighted by Gasteiger charge is 2.29. The molecule has 1 fully saturated rings. The van der Waals surface area contributed by atoms with Crippen LogP contribution < -0.4 is 9.21 Å². The number of hydrogen-bond donors (Lipinski definition) is 2. The fourth-order valence-electron chi connectivity index (χ4n) is 3.30. The van der Waals surface area contributed by atoms with Gasteiger partial charge in [0.05, 0.1) is 30.3 Å². The summed E-state index contributed by atoms with van der Waals surface area (Å²) >= 11 is 0. The Kier molecular flexibility index (Phi) is 6.49. The molecular formula is C20H27N2O4S+. The van der Waals surface area contributed by atoms with Crippen molar-refractivity contribution in [2.75, 3.05) is 43.7 Å². The number of quaternary nitrogens is 1. The zero-order valence-electron chi connectivity index (χ0n) is 15.5. The number of nitrogens with one attached hydrogen (secondary N) is 1. The normalized spacial score (nSPS) is 16.8. The second-order valence-corrected chi connectivity index (χ2v) is 8.77. The first-order valence-electron chi connectivity index (χ1n) is 9.20. The SMILES string of the molecule is Cc1cccc(N(C[C@H](O)C[NH+]2CCOCC2)S(=O)(=O)c2ccccc2)c1. The quantitative estimate of drug-likeness (QED) is 0.720. The molecule has 2 aromatic rings. The molecule has 1 saturated heterocycles. The van der Waals surface area contributed by atoms with Gasteiger partial charge in [-0.15, -0.1) is 0 Å². The Hall–Kier alpha value is -1.93. The lowest BCUT2D eigenvalue weighted by Crippen LogP contribution is -3.15. The van der Waals surface area contributed by atoms with E-state index in [1.165, 1.54) is 9.21 Å². The summed E-state index contributed by atoms with van der Waals surface area (Å²) in [6, 6.07) is 15.7. The third-order valence-corrected chi connectivity index (χ3v) is 6.53. The van der Waals surface area contributed by atoms with Gasteiger partial charge in [0.2, 0.25) is 0 Å². The minimum atomic E-state index is -3.77. The van der Waals surface area contributed by atoms with Crippen molar-refractivity contribution >= 4 is 15.7 Å². The van der Waals surface area contributed by atoms with Crippen LogP contribution in [0.2, 0.25) is 0 Å². The van der Waals surface area contributed by atoms with Gasteiger partial charge in [0.1, 0.15) is 25.7 Å². The fourth-order valence-corrected chi connectivity index (χ4v) is 4.81. The van der Waals surface area contributed by atoms with Gasteiger partial charge < -0.3 is 14.7 Å². The number of benzene rings is 2. The molecule has 0 bridgehead atoms. The van der Waals surface area contributed by atoms with E-state index in [1.54, 1.807) is 36.4 Å². The fraction of sp³-hybridized carbons (Fsp3) is 0.400. The summed E-state index contributed by atoms with van der Waals surface area (Å²) in [6.07, 6.45) is -0.767. The van der Waals surface area contributed by atoms with Crippen LogP contribution in [0.25, 0.3) is 0 Å². The van der Waals surface area contributed by atoms with Gasteiger partial charge >= 0.3 is 0 Å². The summed E-state index contributed by atoms with van der Waals surface area (Å²) < 4.78 is 33.2. The maximum absolute atomic E-state index is 13.3. The topological polar surface area (TPSA) is 71.3 Å². The van der Waals surface area contributed by atoms with Crippen LogP contribution in [0.1, 0.15) is 5.56 Å². The number of ether oxygens (including phenoxy) is 1. The van der Waals surface area contributed by atoms with Crippen molar-refractivity contribution in [2.24, 2.45) is 0 Å². The molecule has 1 heterocycles. The number of sulfonamides is 1. The van der Waals surface area contributed by atoms with Crippen molar-refractivity contribution < 1.29 is 23.2 Å². The van der Waals surface area contributed by atoms with E-state index in [9.17, 15) is 13.5 Å². The molecule has 0 spiro atoms. The minimum absolute atomic E-state index is 0.0189. The van der Waals surface area contributed by atoms with Crippen molar-refractivity contribution in [3.05, 3.63) is 60.2 Å². The van der Waals surface area contributed by atoms with Crippen LogP contribution in [0.4, 0.5) is 5.69 Å². The lowest BCUT2D eigenvalue weighted by Gasteiger charge is -2.30. The van der Waals surface area contributed by atoms with Crippen LogP contribution >= 0.6 is 0 Å². The van der Waals surface area contributed by atoms with Crippen molar-refractivity contribution in [2.45, 2.75) is 17.9 Å². The van der Waals surface area contributed by atoms with Crippen molar-refractivity contribution in [3.8, 4) is 0 Å². The first kappa shape index (κ1) is 19.8. The molecule has 1 aliphatic rings. The average Bonchev–Trinajstić information content (AvgIpc) is 2.67. The third-order valence-electron chi connectivity index (χ3n) is 4.72. The molecule has 7 heteroatoms. The molecule has 6 nitrogen and oxygen atoms in total. The van der Waals surface area contributed by atoms with E-state index in [0.29, 0.717) is 25.4 Å². The Morgan fingerprint density at radius 2 is 1.81 bits per heavy atom. The number of aliphatic hydroxyl groups is 1. The maximum atomic E-state index is 13.3. The summed E-state index contributed by atoms with van der Waals surface area (Å²) in [5.41, 5.74) is 1.53. The monoisotopic (exact) mass is 391 g/mol. The van der Waals surface area contributed by atoms with Crippen LogP contribution in [0.5, 0.6) is 0 Å². The molecule has 3 rings (SSSR count). The molecule has 0 unspecified atom stereocenters. The predicted molar refractivity (Wildman–Crippen MR) is 105 cm³/mol. The van der Waals surface area contributed by atoms with E-state index in [1.807, 2.05) is 25.1 Å². The van der Waals surface area contributed by atoms with Gasteiger partial charge in [0.25, 0.3) is 10.0 Å². The van der Waals surface area contributed by atoms with Gasteiger partial charge in [-0.2, -0.15) is 0 Å². The molecule has 27 heavy (non-hydrogen) atoms. The molecule has 0 saturated carbocycles. The lowest BCUT2D eigenvalue weighted by atomic mass is 10.2. The molecule has 2 aromatic carbocycles. The number of rotatable bonds is 7. The summed E-state index contributed by atoms with van der Waals surface area (Å²) in [5, 5.41) is 10.6. The maximum Gasteiger partial charge on any atom is 0.264 e. The largest absolute Gasteiger partial charge is 0.385 e. The Labute approximate surface area is 161 Å². The second-order valence-electron chi connectivity index (χ2n) is 6.91. The first-order valence-corrected chi connectivity index (χ1v) is 10.6. The van der Waals surface area contributed by atoms with E-state index >= 15 is 0 Å².